The number of aryl methyl sites for hydroxylation is 1. The molecule has 3 rings (SSSR count). The van der Waals surface area contributed by atoms with Crippen LogP contribution in [0.1, 0.15) is 36.3 Å². The lowest BCUT2D eigenvalue weighted by atomic mass is 10.1. The number of carbonyl (C=O) groups is 1. The van der Waals surface area contributed by atoms with Crippen LogP contribution in [0.25, 0.3) is 10.6 Å². The summed E-state index contributed by atoms with van der Waals surface area (Å²) in [5, 5.41) is 0.955. The maximum absolute atomic E-state index is 12.5. The molecule has 1 aliphatic rings. The van der Waals surface area contributed by atoms with Crippen molar-refractivity contribution in [3.63, 3.8) is 0 Å². The van der Waals surface area contributed by atoms with Crippen LogP contribution in [-0.2, 0) is 11.2 Å². The van der Waals surface area contributed by atoms with Crippen LogP contribution in [0.4, 0.5) is 0 Å². The molecule has 2 heterocycles. The molecule has 2 aromatic rings. The number of halogens is 1. The van der Waals surface area contributed by atoms with E-state index in [1.54, 1.807) is 11.3 Å². The molecule has 0 radical (unpaired) electrons. The highest BCUT2D eigenvalue weighted by Crippen LogP contribution is 2.30. The number of rotatable bonds is 7. The fourth-order valence-electron chi connectivity index (χ4n) is 3.05. The predicted molar refractivity (Wildman–Crippen MR) is 107 cm³/mol. The van der Waals surface area contributed by atoms with E-state index in [2.05, 4.69) is 4.98 Å². The van der Waals surface area contributed by atoms with Crippen molar-refractivity contribution >= 4 is 28.8 Å². The van der Waals surface area contributed by atoms with Crippen molar-refractivity contribution in [2.75, 3.05) is 25.6 Å². The second-order valence-corrected chi connectivity index (χ2v) is 8.02. The van der Waals surface area contributed by atoms with Crippen LogP contribution in [0.2, 0.25) is 0 Å². The van der Waals surface area contributed by atoms with Crippen LogP contribution in [0.15, 0.2) is 24.3 Å². The van der Waals surface area contributed by atoms with Gasteiger partial charge >= 0.3 is 0 Å². The van der Waals surface area contributed by atoms with E-state index in [1.807, 2.05) is 36.1 Å². The molecule has 1 aromatic carbocycles. The molecule has 1 fully saturated rings. The van der Waals surface area contributed by atoms with E-state index >= 15 is 0 Å². The molecular weight excluding hydrogens is 368 g/mol. The van der Waals surface area contributed by atoms with Gasteiger partial charge in [-0.05, 0) is 56.9 Å². The molecule has 26 heavy (non-hydrogen) atoms. The SMILES string of the molecule is Cc1nc(-c2ccc(OCCCCl)cc2)sc1CC(=O)N1CCCCC1. The molecule has 1 aliphatic heterocycles. The van der Waals surface area contributed by atoms with Gasteiger partial charge in [0.25, 0.3) is 0 Å². The van der Waals surface area contributed by atoms with Crippen LogP contribution >= 0.6 is 22.9 Å². The molecule has 0 atom stereocenters. The summed E-state index contributed by atoms with van der Waals surface area (Å²) < 4.78 is 5.63. The van der Waals surface area contributed by atoms with Crippen molar-refractivity contribution in [1.29, 1.82) is 0 Å². The average Bonchev–Trinajstić information content (AvgIpc) is 3.03. The minimum absolute atomic E-state index is 0.228. The second kappa shape index (κ2) is 9.38. The van der Waals surface area contributed by atoms with Crippen LogP contribution < -0.4 is 4.74 Å². The van der Waals surface area contributed by atoms with E-state index < -0.39 is 0 Å². The number of hydrogen-bond acceptors (Lipinski definition) is 4. The zero-order chi connectivity index (χ0) is 18.4. The highest BCUT2D eigenvalue weighted by Gasteiger charge is 2.19. The lowest BCUT2D eigenvalue weighted by Gasteiger charge is -2.26. The Morgan fingerprint density at radius 1 is 1.23 bits per heavy atom. The molecule has 1 saturated heterocycles. The lowest BCUT2D eigenvalue weighted by molar-refractivity contribution is -0.131. The van der Waals surface area contributed by atoms with Gasteiger partial charge in [0, 0.05) is 29.4 Å². The number of benzene rings is 1. The van der Waals surface area contributed by atoms with Gasteiger partial charge in [0.2, 0.25) is 5.91 Å². The summed E-state index contributed by atoms with van der Waals surface area (Å²) in [5.41, 5.74) is 2.01. The van der Waals surface area contributed by atoms with Crippen molar-refractivity contribution in [2.45, 2.75) is 39.0 Å². The lowest BCUT2D eigenvalue weighted by Crippen LogP contribution is -2.36. The van der Waals surface area contributed by atoms with E-state index in [4.69, 9.17) is 16.3 Å². The number of aromatic nitrogens is 1. The van der Waals surface area contributed by atoms with Gasteiger partial charge in [-0.3, -0.25) is 4.79 Å². The molecule has 0 spiro atoms. The van der Waals surface area contributed by atoms with Gasteiger partial charge in [-0.1, -0.05) is 0 Å². The Labute approximate surface area is 164 Å². The predicted octanol–water partition coefficient (Wildman–Crippen LogP) is 4.68. The normalized spacial score (nSPS) is 14.5. The summed E-state index contributed by atoms with van der Waals surface area (Å²) in [5.74, 6) is 1.67. The number of piperidine rings is 1. The first-order valence-corrected chi connectivity index (χ1v) is 10.6. The topological polar surface area (TPSA) is 42.4 Å². The number of nitrogens with zero attached hydrogens (tertiary/aromatic N) is 2. The Balaban J connectivity index is 1.64. The largest absolute Gasteiger partial charge is 0.494 e. The number of likely N-dealkylation sites (tertiary alicyclic amines) is 1. The Morgan fingerprint density at radius 2 is 1.96 bits per heavy atom. The number of thiazole rings is 1. The Hall–Kier alpha value is -1.59. The number of alkyl halides is 1. The highest BCUT2D eigenvalue weighted by molar-refractivity contribution is 7.15. The molecule has 0 saturated carbocycles. The van der Waals surface area contributed by atoms with Crippen molar-refractivity contribution in [1.82, 2.24) is 9.88 Å². The van der Waals surface area contributed by atoms with Crippen molar-refractivity contribution < 1.29 is 9.53 Å². The average molecular weight is 393 g/mol. The Kier molecular flexibility index (Phi) is 6.92. The zero-order valence-electron chi connectivity index (χ0n) is 15.2. The van der Waals surface area contributed by atoms with E-state index in [0.717, 1.165) is 59.2 Å². The molecule has 6 heteroatoms. The molecule has 1 aromatic heterocycles. The summed E-state index contributed by atoms with van der Waals surface area (Å²) >= 11 is 7.28. The minimum Gasteiger partial charge on any atom is -0.494 e. The van der Waals surface area contributed by atoms with Gasteiger partial charge in [0.1, 0.15) is 10.8 Å². The van der Waals surface area contributed by atoms with E-state index in [0.29, 0.717) is 18.9 Å². The van der Waals surface area contributed by atoms with Gasteiger partial charge in [-0.2, -0.15) is 0 Å². The number of ether oxygens (including phenoxy) is 1. The van der Waals surface area contributed by atoms with Crippen LogP contribution in [0, 0.1) is 6.92 Å². The fraction of sp³-hybridized carbons (Fsp3) is 0.500. The van der Waals surface area contributed by atoms with Gasteiger partial charge < -0.3 is 9.64 Å². The first-order valence-electron chi connectivity index (χ1n) is 9.20. The van der Waals surface area contributed by atoms with Crippen molar-refractivity contribution in [3.8, 4) is 16.3 Å². The number of hydrogen-bond donors (Lipinski definition) is 0. The fourth-order valence-corrected chi connectivity index (χ4v) is 4.21. The molecule has 0 unspecified atom stereocenters. The highest BCUT2D eigenvalue weighted by atomic mass is 35.5. The molecule has 0 aliphatic carbocycles. The molecule has 1 amide bonds. The van der Waals surface area contributed by atoms with Crippen molar-refractivity contribution in [3.05, 3.63) is 34.8 Å². The van der Waals surface area contributed by atoms with E-state index in [-0.39, 0.29) is 5.91 Å². The Morgan fingerprint density at radius 3 is 2.65 bits per heavy atom. The zero-order valence-corrected chi connectivity index (χ0v) is 16.7. The summed E-state index contributed by atoms with van der Waals surface area (Å²) in [4.78, 5) is 20.3. The van der Waals surface area contributed by atoms with E-state index in [1.165, 1.54) is 6.42 Å². The molecule has 4 nitrogen and oxygen atoms in total. The third-order valence-electron chi connectivity index (χ3n) is 4.56. The van der Waals surface area contributed by atoms with Gasteiger partial charge in [0.15, 0.2) is 0 Å². The first-order chi connectivity index (χ1) is 12.7. The molecule has 0 bridgehead atoms. The maximum Gasteiger partial charge on any atom is 0.227 e. The van der Waals surface area contributed by atoms with Gasteiger partial charge in [-0.15, -0.1) is 22.9 Å². The number of carbonyl (C=O) groups excluding carboxylic acids is 1. The summed E-state index contributed by atoms with van der Waals surface area (Å²) in [6.45, 7) is 4.41. The molecule has 140 valence electrons. The number of amides is 1. The second-order valence-electron chi connectivity index (χ2n) is 6.56. The van der Waals surface area contributed by atoms with Crippen LogP contribution in [0.5, 0.6) is 5.75 Å². The summed E-state index contributed by atoms with van der Waals surface area (Å²) in [6.07, 6.45) is 4.78. The van der Waals surface area contributed by atoms with Gasteiger partial charge in [0.05, 0.1) is 18.7 Å². The first kappa shape index (κ1) is 19.2. The summed E-state index contributed by atoms with van der Waals surface area (Å²) in [6, 6.07) is 7.95. The monoisotopic (exact) mass is 392 g/mol. The standard InChI is InChI=1S/C20H25ClN2O2S/c1-15-18(14-19(24)23-11-3-2-4-12-23)26-20(22-15)16-6-8-17(9-7-16)25-13-5-10-21/h6-9H,2-5,10-14H2,1H3. The van der Waals surface area contributed by atoms with Crippen LogP contribution in [0.3, 0.4) is 0 Å². The molecule has 0 N–H and O–H groups in total. The quantitative estimate of drug-likeness (QED) is 0.507. The maximum atomic E-state index is 12.5. The minimum atomic E-state index is 0.228. The van der Waals surface area contributed by atoms with Crippen LogP contribution in [-0.4, -0.2) is 41.4 Å². The third kappa shape index (κ3) is 4.98. The smallest absolute Gasteiger partial charge is 0.227 e. The summed E-state index contributed by atoms with van der Waals surface area (Å²) in [7, 11) is 0. The molecular formula is C20H25ClN2O2S. The van der Waals surface area contributed by atoms with Gasteiger partial charge in [-0.25, -0.2) is 4.98 Å². The third-order valence-corrected chi connectivity index (χ3v) is 6.03. The van der Waals surface area contributed by atoms with E-state index in [9.17, 15) is 4.79 Å². The van der Waals surface area contributed by atoms with Crippen molar-refractivity contribution in [2.24, 2.45) is 0 Å². The Bertz CT molecular complexity index is 724.